The first-order valence-electron chi connectivity index (χ1n) is 9.03. The summed E-state index contributed by atoms with van der Waals surface area (Å²) in [6.07, 6.45) is 5.93. The molecule has 23 heavy (non-hydrogen) atoms. The molecule has 1 aromatic carbocycles. The van der Waals surface area contributed by atoms with E-state index in [0.29, 0.717) is 17.5 Å². The SMILES string of the molecule is O=C(O)c1cccc2c1C(CN[C@@H]1CN3CCC1CC3)CCC2. The van der Waals surface area contributed by atoms with Crippen molar-refractivity contribution in [2.75, 3.05) is 26.2 Å². The maximum absolute atomic E-state index is 11.6. The number of carboxylic acid groups (broad SMARTS) is 1. The molecule has 0 saturated carbocycles. The molecule has 2 N–H and O–H groups in total. The predicted molar refractivity (Wildman–Crippen MR) is 90.0 cm³/mol. The summed E-state index contributed by atoms with van der Waals surface area (Å²) < 4.78 is 0. The van der Waals surface area contributed by atoms with Gasteiger partial charge in [0.2, 0.25) is 0 Å². The number of hydrogen-bond acceptors (Lipinski definition) is 3. The van der Waals surface area contributed by atoms with Crippen LogP contribution in [0.1, 0.15) is 53.1 Å². The fraction of sp³-hybridized carbons (Fsp3) is 0.632. The Bertz CT molecular complexity index is 593. The van der Waals surface area contributed by atoms with Crippen molar-refractivity contribution >= 4 is 5.97 Å². The minimum atomic E-state index is -0.781. The summed E-state index contributed by atoms with van der Waals surface area (Å²) in [5.74, 6) is 0.385. The molecule has 3 aliphatic heterocycles. The van der Waals surface area contributed by atoms with E-state index in [0.717, 1.165) is 30.9 Å². The van der Waals surface area contributed by atoms with Gasteiger partial charge >= 0.3 is 5.97 Å². The second-order valence-corrected chi connectivity index (χ2v) is 7.43. The highest BCUT2D eigenvalue weighted by molar-refractivity contribution is 5.90. The van der Waals surface area contributed by atoms with Gasteiger partial charge in [0.05, 0.1) is 5.56 Å². The molecule has 1 aromatic rings. The van der Waals surface area contributed by atoms with Gasteiger partial charge in [0, 0.05) is 19.1 Å². The van der Waals surface area contributed by atoms with Crippen LogP contribution in [0.5, 0.6) is 0 Å². The van der Waals surface area contributed by atoms with Gasteiger partial charge in [-0.3, -0.25) is 0 Å². The predicted octanol–water partition coefficient (Wildman–Crippen LogP) is 2.49. The number of rotatable bonds is 4. The fourth-order valence-corrected chi connectivity index (χ4v) is 4.88. The zero-order valence-electron chi connectivity index (χ0n) is 13.6. The number of piperidine rings is 3. The van der Waals surface area contributed by atoms with Crippen LogP contribution < -0.4 is 5.32 Å². The van der Waals surface area contributed by atoms with Crippen molar-refractivity contribution in [3.8, 4) is 0 Å². The molecule has 4 aliphatic rings. The number of aromatic carboxylic acids is 1. The molecule has 0 spiro atoms. The van der Waals surface area contributed by atoms with Crippen molar-refractivity contribution < 1.29 is 9.90 Å². The number of hydrogen-bond donors (Lipinski definition) is 2. The van der Waals surface area contributed by atoms with Crippen LogP contribution in [0, 0.1) is 5.92 Å². The average Bonchev–Trinajstić information content (AvgIpc) is 2.60. The van der Waals surface area contributed by atoms with E-state index in [2.05, 4.69) is 16.3 Å². The third kappa shape index (κ3) is 2.90. The summed E-state index contributed by atoms with van der Waals surface area (Å²) in [5, 5.41) is 13.3. The first kappa shape index (κ1) is 15.2. The number of nitrogens with zero attached hydrogens (tertiary/aromatic N) is 1. The second-order valence-electron chi connectivity index (χ2n) is 7.43. The maximum atomic E-state index is 11.6. The Morgan fingerprint density at radius 2 is 2.09 bits per heavy atom. The van der Waals surface area contributed by atoms with Gasteiger partial charge in [-0.15, -0.1) is 0 Å². The third-order valence-electron chi connectivity index (χ3n) is 6.12. The first-order chi connectivity index (χ1) is 11.2. The molecule has 2 atom stereocenters. The lowest BCUT2D eigenvalue weighted by atomic mass is 9.79. The zero-order chi connectivity index (χ0) is 15.8. The Morgan fingerprint density at radius 3 is 2.78 bits per heavy atom. The second kappa shape index (κ2) is 6.25. The van der Waals surface area contributed by atoms with Crippen LogP contribution in [-0.2, 0) is 6.42 Å². The molecule has 0 aromatic heterocycles. The van der Waals surface area contributed by atoms with Crippen molar-refractivity contribution in [3.63, 3.8) is 0 Å². The van der Waals surface area contributed by atoms with Crippen molar-refractivity contribution in [2.24, 2.45) is 5.92 Å². The molecular weight excluding hydrogens is 288 g/mol. The number of benzene rings is 1. The van der Waals surface area contributed by atoms with Gasteiger partial charge in [0.25, 0.3) is 0 Å². The molecule has 4 heteroatoms. The van der Waals surface area contributed by atoms with E-state index < -0.39 is 5.97 Å². The molecule has 5 rings (SSSR count). The van der Waals surface area contributed by atoms with Crippen molar-refractivity contribution in [1.29, 1.82) is 0 Å². The highest BCUT2D eigenvalue weighted by atomic mass is 16.4. The lowest BCUT2D eigenvalue weighted by molar-refractivity contribution is 0.0690. The van der Waals surface area contributed by atoms with E-state index >= 15 is 0 Å². The Labute approximate surface area is 137 Å². The molecule has 1 aliphatic carbocycles. The van der Waals surface area contributed by atoms with Gasteiger partial charge < -0.3 is 15.3 Å². The van der Waals surface area contributed by atoms with E-state index in [4.69, 9.17) is 0 Å². The summed E-state index contributed by atoms with van der Waals surface area (Å²) in [7, 11) is 0. The highest BCUT2D eigenvalue weighted by Gasteiger charge is 2.34. The van der Waals surface area contributed by atoms with Gasteiger partial charge in [0.15, 0.2) is 0 Å². The topological polar surface area (TPSA) is 52.6 Å². The van der Waals surface area contributed by atoms with Crippen molar-refractivity contribution in [3.05, 3.63) is 34.9 Å². The average molecular weight is 314 g/mol. The summed E-state index contributed by atoms with van der Waals surface area (Å²) in [6, 6.07) is 6.38. The number of nitrogens with one attached hydrogen (secondary N) is 1. The molecule has 3 heterocycles. The van der Waals surface area contributed by atoms with E-state index in [1.165, 1.54) is 44.5 Å². The van der Waals surface area contributed by atoms with Gasteiger partial charge in [-0.1, -0.05) is 12.1 Å². The van der Waals surface area contributed by atoms with Gasteiger partial charge in [0.1, 0.15) is 0 Å². The molecule has 3 saturated heterocycles. The van der Waals surface area contributed by atoms with Crippen LogP contribution in [0.2, 0.25) is 0 Å². The largest absolute Gasteiger partial charge is 0.478 e. The van der Waals surface area contributed by atoms with E-state index in [1.54, 1.807) is 6.07 Å². The van der Waals surface area contributed by atoms with E-state index in [-0.39, 0.29) is 0 Å². The zero-order valence-corrected chi connectivity index (χ0v) is 13.6. The van der Waals surface area contributed by atoms with Gasteiger partial charge in [-0.2, -0.15) is 0 Å². The van der Waals surface area contributed by atoms with Crippen LogP contribution in [-0.4, -0.2) is 48.2 Å². The Morgan fingerprint density at radius 1 is 1.26 bits per heavy atom. The van der Waals surface area contributed by atoms with Crippen molar-refractivity contribution in [1.82, 2.24) is 10.2 Å². The number of carboxylic acids is 1. The Hall–Kier alpha value is -1.39. The van der Waals surface area contributed by atoms with Crippen LogP contribution in [0.15, 0.2) is 18.2 Å². The third-order valence-corrected chi connectivity index (χ3v) is 6.12. The van der Waals surface area contributed by atoms with Crippen molar-refractivity contribution in [2.45, 2.75) is 44.1 Å². The summed E-state index contributed by atoms with van der Waals surface area (Å²) in [6.45, 7) is 4.62. The molecular formula is C19H26N2O2. The van der Waals surface area contributed by atoms with Crippen LogP contribution in [0.3, 0.4) is 0 Å². The molecule has 1 unspecified atom stereocenters. The monoisotopic (exact) mass is 314 g/mol. The fourth-order valence-electron chi connectivity index (χ4n) is 4.88. The maximum Gasteiger partial charge on any atom is 0.335 e. The Kier molecular flexibility index (Phi) is 4.12. The van der Waals surface area contributed by atoms with E-state index in [1.807, 2.05) is 6.07 Å². The Balaban J connectivity index is 1.50. The lowest BCUT2D eigenvalue weighted by Crippen LogP contribution is -2.56. The molecule has 0 amide bonds. The quantitative estimate of drug-likeness (QED) is 0.896. The summed E-state index contributed by atoms with van der Waals surface area (Å²) in [4.78, 5) is 14.2. The molecule has 4 nitrogen and oxygen atoms in total. The van der Waals surface area contributed by atoms with E-state index in [9.17, 15) is 9.90 Å². The van der Waals surface area contributed by atoms with Crippen LogP contribution in [0.4, 0.5) is 0 Å². The number of aryl methyl sites for hydroxylation is 1. The normalized spacial score (nSPS) is 32.5. The number of carbonyl (C=O) groups is 1. The minimum absolute atomic E-state index is 0.349. The first-order valence-corrected chi connectivity index (χ1v) is 9.03. The molecule has 124 valence electrons. The standard InChI is InChI=1S/C19H26N2O2/c22-19(23)16-6-2-4-14-3-1-5-15(18(14)16)11-20-17-12-21-9-7-13(17)8-10-21/h2,4,6,13,15,17,20H,1,3,5,7-12H2,(H,22,23)/t15?,17-/m1/s1. The summed E-state index contributed by atoms with van der Waals surface area (Å²) >= 11 is 0. The molecule has 3 fully saturated rings. The molecule has 2 bridgehead atoms. The smallest absolute Gasteiger partial charge is 0.335 e. The molecule has 0 radical (unpaired) electrons. The highest BCUT2D eigenvalue weighted by Crippen LogP contribution is 2.35. The van der Waals surface area contributed by atoms with Gasteiger partial charge in [-0.05, 0) is 74.2 Å². The number of fused-ring (bicyclic) bond motifs is 4. The lowest BCUT2D eigenvalue weighted by Gasteiger charge is -2.45. The van der Waals surface area contributed by atoms with Gasteiger partial charge in [-0.25, -0.2) is 4.79 Å². The van der Waals surface area contributed by atoms with Crippen LogP contribution >= 0.6 is 0 Å². The summed E-state index contributed by atoms with van der Waals surface area (Å²) in [5.41, 5.74) is 2.86. The van der Waals surface area contributed by atoms with Crippen LogP contribution in [0.25, 0.3) is 0 Å². The minimum Gasteiger partial charge on any atom is -0.478 e.